The topological polar surface area (TPSA) is 336 Å². The summed E-state index contributed by atoms with van der Waals surface area (Å²) in [6, 6.07) is 25.4. The number of nitrogens with one attached hydrogen (secondary N) is 2. The van der Waals surface area contributed by atoms with E-state index in [0.717, 1.165) is 47.2 Å². The van der Waals surface area contributed by atoms with Crippen molar-refractivity contribution in [3.8, 4) is 17.3 Å². The summed E-state index contributed by atoms with van der Waals surface area (Å²) in [5.41, 5.74) is 2.55. The van der Waals surface area contributed by atoms with Gasteiger partial charge in [0.05, 0.1) is 38.0 Å². The number of aromatic nitrogens is 2. The van der Waals surface area contributed by atoms with E-state index in [1.165, 1.54) is 55.5 Å². The molecule has 332 valence electrons. The van der Waals surface area contributed by atoms with Crippen molar-refractivity contribution in [1.82, 2.24) is 9.97 Å². The van der Waals surface area contributed by atoms with E-state index in [2.05, 4.69) is 56.5 Å². The van der Waals surface area contributed by atoms with Gasteiger partial charge in [-0.15, -0.1) is 20.5 Å². The van der Waals surface area contributed by atoms with Crippen LogP contribution in [0.15, 0.2) is 143 Å². The molecule has 0 atom stereocenters. The Balaban J connectivity index is 0.00000315. The molecule has 7 aromatic rings. The Morgan fingerprint density at radius 3 is 1.80 bits per heavy atom. The van der Waals surface area contributed by atoms with E-state index in [1.54, 1.807) is 12.1 Å². The third-order valence-electron chi connectivity index (χ3n) is 9.08. The van der Waals surface area contributed by atoms with Crippen LogP contribution in [0, 0.1) is 25.2 Å². The molecule has 0 bridgehead atoms. The molecule has 0 saturated carbocycles. The standard InChI is InChI=1S/C39H29N9O12S5.4Na/c1-21-6-8-23(9-7-21)35-38(47-45-26-18-30-29(32(19-26)62-60-59-49)4-3-5-33(30)65(56,57)58)61-39(43-35)48-46-34-22(2)31(20-40)36(41-24-10-14-27(15-11-24)63(50,51)52)44-37(34)42-25-12-16-28(17-13-25)64(53,54)55;;;;/h3-19,49H,1-2H3,(H2,41,42,44)(H,50,51,52)(H,53,54,55)(H,56,57,58);;;;/q;4*+1/p-4. The molecule has 0 fully saturated rings. The Bertz CT molecular complexity index is 3440. The van der Waals surface area contributed by atoms with Gasteiger partial charge in [0.15, 0.2) is 16.6 Å². The molecule has 0 amide bonds. The van der Waals surface area contributed by atoms with E-state index >= 15 is 0 Å². The Morgan fingerprint density at radius 1 is 0.681 bits per heavy atom. The number of nitriles is 1. The third-order valence-corrected chi connectivity index (χ3v) is 13.1. The zero-order valence-electron chi connectivity index (χ0n) is 36.9. The number of thiazole rings is 1. The molecule has 7 rings (SSSR count). The number of azo groups is 2. The summed E-state index contributed by atoms with van der Waals surface area (Å²) in [5, 5.41) is 48.3. The van der Waals surface area contributed by atoms with Crippen LogP contribution in [0.4, 0.5) is 44.5 Å². The Labute approximate surface area is 491 Å². The second kappa shape index (κ2) is 25.9. The average molecular weight is 1060 g/mol. The quantitative estimate of drug-likeness (QED) is 0.0248. The fourth-order valence-electron chi connectivity index (χ4n) is 6.03. The van der Waals surface area contributed by atoms with Crippen LogP contribution in [-0.2, 0) is 39.7 Å². The maximum Gasteiger partial charge on any atom is 1.00 e. The van der Waals surface area contributed by atoms with Crippen molar-refractivity contribution < 1.29 is 172 Å². The summed E-state index contributed by atoms with van der Waals surface area (Å²) in [7, 11) is -14.5. The van der Waals surface area contributed by atoms with Crippen molar-refractivity contribution >= 4 is 109 Å². The number of anilines is 4. The second-order valence-electron chi connectivity index (χ2n) is 13.4. The predicted octanol–water partition coefficient (Wildman–Crippen LogP) is -3.88. The molecular weight excluding hydrogens is 1040 g/mol. The number of rotatable bonds is 15. The van der Waals surface area contributed by atoms with E-state index in [-0.39, 0.29) is 190 Å². The predicted molar refractivity (Wildman–Crippen MR) is 230 cm³/mol. The largest absolute Gasteiger partial charge is 1.00 e. The van der Waals surface area contributed by atoms with Gasteiger partial charge in [0.1, 0.15) is 47.8 Å². The molecule has 0 aliphatic heterocycles. The van der Waals surface area contributed by atoms with E-state index < -0.39 is 45.0 Å². The molecule has 69 heavy (non-hydrogen) atoms. The smallest absolute Gasteiger partial charge is 0.744 e. The van der Waals surface area contributed by atoms with Gasteiger partial charge in [0.2, 0.25) is 5.13 Å². The summed E-state index contributed by atoms with van der Waals surface area (Å²) in [6.07, 6.45) is 0. The molecule has 0 saturated heterocycles. The van der Waals surface area contributed by atoms with E-state index in [4.69, 9.17) is 0 Å². The number of hydrogen-bond donors (Lipinski definition) is 2. The van der Waals surface area contributed by atoms with Crippen LogP contribution in [0.2, 0.25) is 0 Å². The van der Waals surface area contributed by atoms with Gasteiger partial charge in [-0.3, -0.25) is 5.04 Å². The van der Waals surface area contributed by atoms with Crippen LogP contribution in [0.5, 0.6) is 0 Å². The van der Waals surface area contributed by atoms with Crippen LogP contribution < -0.4 is 134 Å². The molecular formula is C39H25N9Na4O12S5. The number of fused-ring (bicyclic) bond motifs is 1. The third kappa shape index (κ3) is 15.2. The minimum atomic E-state index is -4.97. The first-order chi connectivity index (χ1) is 30.8. The fourth-order valence-corrected chi connectivity index (χ4v) is 8.92. The average Bonchev–Trinajstić information content (AvgIpc) is 3.67. The molecule has 0 unspecified atom stereocenters. The molecule has 2 heterocycles. The number of pyridine rings is 1. The SMILES string of the molecule is Cc1ccc(-c2nc(N=Nc3c(Nc4ccc(S(=O)(=O)[O-])cc4)nc(Nc4ccc(S(=O)(=O)[O-])cc4)c(C#N)c3C)sc2N=Nc2cc(SOO[O-])c3cccc(S(=O)(=O)[O-])c3c2)cc1.[Na+].[Na+].[Na+].[Na+]. The molecule has 0 aliphatic carbocycles. The van der Waals surface area contributed by atoms with Crippen molar-refractivity contribution in [3.05, 3.63) is 120 Å². The van der Waals surface area contributed by atoms with Gasteiger partial charge >= 0.3 is 118 Å². The molecule has 5 aromatic carbocycles. The summed E-state index contributed by atoms with van der Waals surface area (Å²) >= 11 is 1.38. The van der Waals surface area contributed by atoms with Crippen molar-refractivity contribution in [3.63, 3.8) is 0 Å². The van der Waals surface area contributed by atoms with E-state index in [1.807, 2.05) is 19.1 Å². The molecule has 0 aliphatic rings. The summed E-state index contributed by atoms with van der Waals surface area (Å²) in [6.45, 7) is 3.42. The zero-order chi connectivity index (χ0) is 46.7. The minimum Gasteiger partial charge on any atom is -0.744 e. The maximum absolute atomic E-state index is 12.2. The van der Waals surface area contributed by atoms with Crippen LogP contribution in [0.3, 0.4) is 0 Å². The molecule has 0 spiro atoms. The first kappa shape index (κ1) is 60.7. The summed E-state index contributed by atoms with van der Waals surface area (Å²) in [4.78, 5) is 7.83. The maximum atomic E-state index is 12.2. The van der Waals surface area contributed by atoms with Crippen molar-refractivity contribution in [1.29, 1.82) is 5.26 Å². The molecule has 30 heteroatoms. The zero-order valence-corrected chi connectivity index (χ0v) is 49.0. The van der Waals surface area contributed by atoms with Gasteiger partial charge in [0, 0.05) is 32.8 Å². The molecule has 2 aromatic heterocycles. The first-order valence-corrected chi connectivity index (χ1v) is 23.8. The number of benzene rings is 5. The van der Waals surface area contributed by atoms with E-state index in [0.29, 0.717) is 23.3 Å². The normalized spacial score (nSPS) is 11.6. The van der Waals surface area contributed by atoms with Crippen molar-refractivity contribution in [2.75, 3.05) is 10.6 Å². The monoisotopic (exact) mass is 1060 g/mol. The van der Waals surface area contributed by atoms with Gasteiger partial charge in [0.25, 0.3) is 0 Å². The number of nitrogens with zero attached hydrogens (tertiary/aromatic N) is 7. The molecule has 2 N–H and O–H groups in total. The minimum absolute atomic E-state index is 0. The van der Waals surface area contributed by atoms with Crippen LogP contribution in [0.1, 0.15) is 16.7 Å². The molecule has 0 radical (unpaired) electrons. The van der Waals surface area contributed by atoms with Gasteiger partial charge in [-0.05, 0) is 86.0 Å². The number of hydrogen-bond acceptors (Lipinski definition) is 23. The van der Waals surface area contributed by atoms with E-state index in [9.17, 15) is 49.4 Å². The Kier molecular flexibility index (Phi) is 22.7. The van der Waals surface area contributed by atoms with Crippen molar-refractivity contribution in [2.24, 2.45) is 20.5 Å². The fraction of sp³-hybridized carbons (Fsp3) is 0.0513. The van der Waals surface area contributed by atoms with Gasteiger partial charge in [-0.1, -0.05) is 53.3 Å². The number of aryl methyl sites for hydroxylation is 1. The Hall–Kier alpha value is -2.61. The van der Waals surface area contributed by atoms with Crippen LogP contribution in [-0.4, -0.2) is 48.9 Å². The van der Waals surface area contributed by atoms with Crippen LogP contribution in [0.25, 0.3) is 22.0 Å². The Morgan fingerprint density at radius 2 is 1.26 bits per heavy atom. The van der Waals surface area contributed by atoms with Crippen LogP contribution >= 0.6 is 23.4 Å². The van der Waals surface area contributed by atoms with Gasteiger partial charge in [-0.25, -0.2) is 35.2 Å². The molecule has 21 nitrogen and oxygen atoms in total. The second-order valence-corrected chi connectivity index (χ2v) is 19.2. The first-order valence-electron chi connectivity index (χ1n) is 18.0. The van der Waals surface area contributed by atoms with Gasteiger partial charge < -0.3 is 29.5 Å². The summed E-state index contributed by atoms with van der Waals surface area (Å²) in [5.74, 6) is -0.0702. The van der Waals surface area contributed by atoms with Gasteiger partial charge in [-0.2, -0.15) is 9.60 Å². The van der Waals surface area contributed by atoms with Crippen molar-refractivity contribution in [2.45, 2.75) is 33.4 Å². The summed E-state index contributed by atoms with van der Waals surface area (Å²) < 4.78 is 110.